The van der Waals surface area contributed by atoms with Crippen molar-refractivity contribution in [3.05, 3.63) is 124 Å². The van der Waals surface area contributed by atoms with Crippen LogP contribution in [0.25, 0.3) is 39.9 Å². The molecule has 260 valence electrons. The van der Waals surface area contributed by atoms with Crippen LogP contribution < -0.4 is 5.69 Å². The third-order valence-electron chi connectivity index (χ3n) is 8.71. The first-order valence-electron chi connectivity index (χ1n) is 15.7. The van der Waals surface area contributed by atoms with Gasteiger partial charge in [0.15, 0.2) is 11.6 Å². The lowest BCUT2D eigenvalue weighted by Crippen LogP contribution is -2.27. The SMILES string of the molecule is Cc1cc(-c2nc(-n3ccc(C4CC4)nc3=O)c(-c3ccc(C)c(F)c3)o2)nc(S2(OS(=O)(=O)C(F)(F)F)c3ccccc3-c3ccccc32)c1. The van der Waals surface area contributed by atoms with Gasteiger partial charge >= 0.3 is 21.3 Å². The number of fused-ring (bicyclic) bond motifs is 3. The van der Waals surface area contributed by atoms with E-state index < -0.39 is 37.4 Å². The molecule has 0 unspecified atom stereocenters. The number of pyridine rings is 1. The standard InChI is InChI=1S/C36H26F4N4O5S2/c1-20-17-28(34-43-33(32(48-34)23-12-11-21(2)26(37)19-23)44-16-15-27(22-13-14-22)42-35(44)45)41-31(18-20)50(49-51(46,47)36(38,39)40)29-9-5-3-7-24(29)25-8-4-6-10-30(25)50/h3-12,15-19,22H,13-14H2,1-2H3. The van der Waals surface area contributed by atoms with Gasteiger partial charge in [-0.2, -0.15) is 35.2 Å². The Morgan fingerprint density at radius 1 is 0.882 bits per heavy atom. The normalized spacial score (nSPS) is 15.7. The molecule has 2 aliphatic rings. The number of benzene rings is 3. The maximum absolute atomic E-state index is 14.8. The fourth-order valence-corrected chi connectivity index (χ4v) is 11.1. The molecule has 0 amide bonds. The first kappa shape index (κ1) is 33.0. The first-order valence-corrected chi connectivity index (χ1v) is 18.6. The Morgan fingerprint density at radius 3 is 2.16 bits per heavy atom. The molecule has 1 fully saturated rings. The topological polar surface area (TPSA) is 117 Å². The van der Waals surface area contributed by atoms with Crippen LogP contribution in [0.1, 0.15) is 35.6 Å². The van der Waals surface area contributed by atoms with Gasteiger partial charge < -0.3 is 4.42 Å². The van der Waals surface area contributed by atoms with E-state index in [1.54, 1.807) is 68.4 Å². The van der Waals surface area contributed by atoms with E-state index in [0.29, 0.717) is 27.9 Å². The molecular formula is C36H26F4N4O5S2. The molecule has 15 heteroatoms. The molecule has 8 rings (SSSR count). The smallest absolute Gasteiger partial charge is 0.432 e. The van der Waals surface area contributed by atoms with Crippen molar-refractivity contribution in [1.82, 2.24) is 19.5 Å². The molecule has 9 nitrogen and oxygen atoms in total. The molecule has 0 radical (unpaired) electrons. The summed E-state index contributed by atoms with van der Waals surface area (Å²) in [4.78, 5) is 27.3. The average Bonchev–Trinajstić information content (AvgIpc) is 3.79. The first-order chi connectivity index (χ1) is 24.3. The summed E-state index contributed by atoms with van der Waals surface area (Å²) in [6.07, 6.45) is 3.35. The van der Waals surface area contributed by atoms with Crippen LogP contribution in [0.3, 0.4) is 0 Å². The molecule has 0 atom stereocenters. The lowest BCUT2D eigenvalue weighted by Gasteiger charge is -2.35. The lowest BCUT2D eigenvalue weighted by molar-refractivity contribution is -0.0496. The van der Waals surface area contributed by atoms with E-state index >= 15 is 0 Å². The number of aromatic nitrogens is 4. The van der Waals surface area contributed by atoms with Crippen LogP contribution in [0.5, 0.6) is 0 Å². The number of halogens is 4. The van der Waals surface area contributed by atoms with Crippen molar-refractivity contribution in [1.29, 1.82) is 0 Å². The van der Waals surface area contributed by atoms with E-state index in [1.165, 1.54) is 36.5 Å². The van der Waals surface area contributed by atoms with E-state index in [2.05, 4.69) is 9.97 Å². The number of nitrogens with zero attached hydrogens (tertiary/aromatic N) is 4. The maximum Gasteiger partial charge on any atom is 0.524 e. The highest BCUT2D eigenvalue weighted by Crippen LogP contribution is 2.77. The number of aryl methyl sites for hydroxylation is 2. The van der Waals surface area contributed by atoms with Gasteiger partial charge in [0, 0.05) is 27.5 Å². The number of rotatable bonds is 7. The lowest BCUT2D eigenvalue weighted by atomic mass is 10.1. The second kappa shape index (κ2) is 11.7. The van der Waals surface area contributed by atoms with Crippen LogP contribution in [0.15, 0.2) is 115 Å². The molecular weight excluding hydrogens is 709 g/mol. The number of hydrogen-bond donors (Lipinski definition) is 0. The molecule has 1 aliphatic carbocycles. The molecule has 51 heavy (non-hydrogen) atoms. The monoisotopic (exact) mass is 734 g/mol. The number of hydrogen-bond acceptors (Lipinski definition) is 8. The molecule has 0 bridgehead atoms. The van der Waals surface area contributed by atoms with Crippen molar-refractivity contribution in [3.63, 3.8) is 0 Å². The summed E-state index contributed by atoms with van der Waals surface area (Å²) in [5, 5.41) is -0.113. The summed E-state index contributed by atoms with van der Waals surface area (Å²) in [5.74, 6) is -0.519. The molecule has 0 spiro atoms. The summed E-state index contributed by atoms with van der Waals surface area (Å²) < 4.78 is 95.7. The van der Waals surface area contributed by atoms with Crippen LogP contribution in [0.2, 0.25) is 0 Å². The predicted molar refractivity (Wildman–Crippen MR) is 180 cm³/mol. The van der Waals surface area contributed by atoms with Crippen molar-refractivity contribution in [2.75, 3.05) is 0 Å². The quantitative estimate of drug-likeness (QED) is 0.118. The van der Waals surface area contributed by atoms with E-state index in [4.69, 9.17) is 13.0 Å². The third kappa shape index (κ3) is 5.47. The van der Waals surface area contributed by atoms with E-state index in [9.17, 15) is 30.8 Å². The zero-order chi connectivity index (χ0) is 35.9. The predicted octanol–water partition coefficient (Wildman–Crippen LogP) is 8.63. The van der Waals surface area contributed by atoms with Crippen LogP contribution in [-0.2, 0) is 13.7 Å². The average molecular weight is 735 g/mol. The second-order valence-electron chi connectivity index (χ2n) is 12.3. The van der Waals surface area contributed by atoms with Crippen LogP contribution >= 0.6 is 10.3 Å². The Kier molecular flexibility index (Phi) is 7.59. The summed E-state index contributed by atoms with van der Waals surface area (Å²) in [6.45, 7) is 3.24. The molecule has 1 aliphatic heterocycles. The van der Waals surface area contributed by atoms with Crippen LogP contribution in [-0.4, -0.2) is 33.4 Å². The van der Waals surface area contributed by atoms with Crippen molar-refractivity contribution >= 4 is 20.4 Å². The van der Waals surface area contributed by atoms with Crippen molar-refractivity contribution in [3.8, 4) is 39.9 Å². The zero-order valence-electron chi connectivity index (χ0n) is 26.8. The minimum atomic E-state index is -6.18. The van der Waals surface area contributed by atoms with Gasteiger partial charge in [-0.05, 0) is 95.7 Å². The van der Waals surface area contributed by atoms with E-state index in [-0.39, 0.29) is 49.5 Å². The Balaban J connectivity index is 1.36. The highest BCUT2D eigenvalue weighted by molar-refractivity contribution is 8.33. The Labute approximate surface area is 290 Å². The molecule has 6 aromatic rings. The fraction of sp³-hybridized carbons (Fsp3) is 0.167. The molecule has 3 aromatic carbocycles. The summed E-state index contributed by atoms with van der Waals surface area (Å²) in [7, 11) is -9.87. The van der Waals surface area contributed by atoms with Crippen LogP contribution in [0.4, 0.5) is 17.6 Å². The van der Waals surface area contributed by atoms with Gasteiger partial charge in [-0.25, -0.2) is 18.7 Å². The molecule has 4 heterocycles. The Bertz CT molecular complexity index is 2520. The minimum absolute atomic E-state index is 0.00226. The van der Waals surface area contributed by atoms with Crippen molar-refractivity contribution in [2.24, 2.45) is 0 Å². The van der Waals surface area contributed by atoms with E-state index in [0.717, 1.165) is 17.4 Å². The maximum atomic E-state index is 14.8. The number of alkyl halides is 3. The van der Waals surface area contributed by atoms with Gasteiger partial charge in [0.2, 0.25) is 5.89 Å². The highest BCUT2D eigenvalue weighted by atomic mass is 32.3. The Morgan fingerprint density at radius 2 is 1.55 bits per heavy atom. The van der Waals surface area contributed by atoms with Gasteiger partial charge in [0.05, 0.1) is 5.69 Å². The van der Waals surface area contributed by atoms with Gasteiger partial charge in [0.1, 0.15) is 16.5 Å². The van der Waals surface area contributed by atoms with Gasteiger partial charge in [0.25, 0.3) is 0 Å². The van der Waals surface area contributed by atoms with Crippen LogP contribution in [0, 0.1) is 19.7 Å². The zero-order valence-corrected chi connectivity index (χ0v) is 28.4. The van der Waals surface area contributed by atoms with Gasteiger partial charge in [-0.1, -0.05) is 48.5 Å². The highest BCUT2D eigenvalue weighted by Gasteiger charge is 2.55. The second-order valence-corrected chi connectivity index (χ2v) is 16.6. The molecule has 0 saturated heterocycles. The van der Waals surface area contributed by atoms with E-state index in [1.807, 2.05) is 0 Å². The van der Waals surface area contributed by atoms with Crippen molar-refractivity contribution in [2.45, 2.75) is 52.9 Å². The summed E-state index contributed by atoms with van der Waals surface area (Å²) >= 11 is 0. The largest absolute Gasteiger partial charge is 0.524 e. The van der Waals surface area contributed by atoms with Gasteiger partial charge in [-0.15, -0.1) is 0 Å². The molecule has 3 aromatic heterocycles. The third-order valence-corrected chi connectivity index (χ3v) is 13.6. The fourth-order valence-electron chi connectivity index (χ4n) is 6.09. The van der Waals surface area contributed by atoms with Gasteiger partial charge in [-0.3, -0.25) is 0 Å². The summed E-state index contributed by atoms with van der Waals surface area (Å²) in [6, 6.07) is 22.0. The summed E-state index contributed by atoms with van der Waals surface area (Å²) in [5.41, 5.74) is -3.66. The van der Waals surface area contributed by atoms with Crippen molar-refractivity contribution < 1.29 is 34.0 Å². The Hall–Kier alpha value is -5.12. The minimum Gasteiger partial charge on any atom is -0.432 e. The molecule has 0 N–H and O–H groups in total. The molecule has 1 saturated carbocycles. The number of oxazole rings is 1.